The molecule has 86 valence electrons. The molecular weight excluding hydrogens is 232 g/mol. The highest BCUT2D eigenvalue weighted by Crippen LogP contribution is 2.12. The Balaban J connectivity index is 0.000000168. The molecule has 1 unspecified atom stereocenters. The first kappa shape index (κ1) is 12.2. The lowest BCUT2D eigenvalue weighted by Gasteiger charge is -2.00. The van der Waals surface area contributed by atoms with Crippen LogP contribution in [0.5, 0.6) is 0 Å². The van der Waals surface area contributed by atoms with Gasteiger partial charge in [-0.25, -0.2) is 4.79 Å². The molecule has 16 heavy (non-hydrogen) atoms. The standard InChI is InChI=1S/C8H6O.CH4N2O3S/c1-2-4-8-7(3-1)5-6-9-8;2-1(4)3-7(5)6/h1-6H;(H,5,6)(H3,2,3,4)/p-1. The van der Waals surface area contributed by atoms with Crippen molar-refractivity contribution in [1.29, 1.82) is 0 Å². The summed E-state index contributed by atoms with van der Waals surface area (Å²) in [5.74, 6) is 0. The summed E-state index contributed by atoms with van der Waals surface area (Å²) in [7, 11) is 0. The van der Waals surface area contributed by atoms with Crippen LogP contribution in [-0.4, -0.2) is 14.8 Å². The van der Waals surface area contributed by atoms with E-state index in [2.05, 4.69) is 5.73 Å². The van der Waals surface area contributed by atoms with E-state index in [0.717, 1.165) is 11.0 Å². The number of carbonyl (C=O) groups excluding carboxylic acids is 1. The molecule has 1 aromatic heterocycles. The van der Waals surface area contributed by atoms with Gasteiger partial charge in [-0.3, -0.25) is 8.93 Å². The lowest BCUT2D eigenvalue weighted by atomic mass is 10.3. The zero-order valence-electron chi connectivity index (χ0n) is 8.08. The Morgan fingerprint density at radius 3 is 2.56 bits per heavy atom. The normalized spacial score (nSPS) is 11.3. The van der Waals surface area contributed by atoms with Crippen molar-refractivity contribution in [1.82, 2.24) is 4.72 Å². The first-order chi connectivity index (χ1) is 7.59. The molecule has 1 atom stereocenters. The maximum absolute atomic E-state index is 9.53. The number of furan rings is 1. The lowest BCUT2D eigenvalue weighted by Crippen LogP contribution is -2.30. The smallest absolute Gasteiger partial charge is 0.323 e. The molecule has 1 aromatic carbocycles. The molecule has 6 nitrogen and oxygen atoms in total. The van der Waals surface area contributed by atoms with Crippen LogP contribution in [-0.2, 0) is 11.3 Å². The third-order valence-corrected chi connectivity index (χ3v) is 1.91. The molecule has 2 amide bonds. The fraction of sp³-hybridized carbons (Fsp3) is 0. The molecule has 3 N–H and O–H groups in total. The molecule has 0 saturated carbocycles. The van der Waals surface area contributed by atoms with Crippen LogP contribution in [0.1, 0.15) is 0 Å². The second-order valence-electron chi connectivity index (χ2n) is 2.66. The average Bonchev–Trinajstić information content (AvgIpc) is 2.63. The minimum Gasteiger partial charge on any atom is -0.755 e. The lowest BCUT2D eigenvalue weighted by molar-refractivity contribution is 0.253. The van der Waals surface area contributed by atoms with E-state index >= 15 is 0 Å². The highest BCUT2D eigenvalue weighted by atomic mass is 32.2. The van der Waals surface area contributed by atoms with Gasteiger partial charge in [-0.15, -0.1) is 0 Å². The predicted octanol–water partition coefficient (Wildman–Crippen LogP) is 0.882. The number of carbonyl (C=O) groups is 1. The Morgan fingerprint density at radius 2 is 2.06 bits per heavy atom. The molecule has 2 rings (SSSR count). The van der Waals surface area contributed by atoms with Crippen molar-refractivity contribution in [2.75, 3.05) is 0 Å². The average molecular weight is 241 g/mol. The number of urea groups is 1. The number of rotatable bonds is 1. The van der Waals surface area contributed by atoms with Gasteiger partial charge in [0.05, 0.1) is 6.26 Å². The van der Waals surface area contributed by atoms with E-state index in [1.807, 2.05) is 30.3 Å². The van der Waals surface area contributed by atoms with Gasteiger partial charge in [0.2, 0.25) is 0 Å². The summed E-state index contributed by atoms with van der Waals surface area (Å²) in [6, 6.07) is 8.82. The summed E-state index contributed by atoms with van der Waals surface area (Å²) in [6.07, 6.45) is 1.70. The SMILES string of the molecule is NC(=O)NS(=O)[O-].c1ccc2occc2c1. The van der Waals surface area contributed by atoms with Gasteiger partial charge >= 0.3 is 6.03 Å². The Labute approximate surface area is 93.8 Å². The van der Waals surface area contributed by atoms with Crippen molar-refractivity contribution in [3.05, 3.63) is 36.6 Å². The van der Waals surface area contributed by atoms with Gasteiger partial charge < -0.3 is 14.7 Å². The molecule has 0 aliphatic heterocycles. The minimum absolute atomic E-state index is 0.956. The van der Waals surface area contributed by atoms with Crippen LogP contribution in [0, 0.1) is 0 Å². The maximum Gasteiger partial charge on any atom is 0.323 e. The summed E-state index contributed by atoms with van der Waals surface area (Å²) in [4.78, 5) is 9.53. The molecule has 0 aliphatic rings. The number of amides is 2. The summed E-state index contributed by atoms with van der Waals surface area (Å²) < 4.78 is 25.3. The third-order valence-electron chi connectivity index (χ3n) is 1.55. The van der Waals surface area contributed by atoms with Gasteiger partial charge in [-0.1, -0.05) is 18.2 Å². The molecule has 2 aromatic rings. The van der Waals surface area contributed by atoms with Crippen molar-refractivity contribution in [2.24, 2.45) is 5.73 Å². The predicted molar refractivity (Wildman–Crippen MR) is 57.9 cm³/mol. The zero-order valence-corrected chi connectivity index (χ0v) is 8.90. The first-order valence-electron chi connectivity index (χ1n) is 4.17. The number of hydrogen-bond donors (Lipinski definition) is 2. The largest absolute Gasteiger partial charge is 0.755 e. The fourth-order valence-electron chi connectivity index (χ4n) is 0.988. The Hall–Kier alpha value is -1.86. The number of para-hydroxylation sites is 1. The Morgan fingerprint density at radius 1 is 1.38 bits per heavy atom. The van der Waals surface area contributed by atoms with E-state index in [-0.39, 0.29) is 0 Å². The number of hydrogen-bond acceptors (Lipinski definition) is 4. The second kappa shape index (κ2) is 5.89. The third kappa shape index (κ3) is 4.11. The Bertz CT molecular complexity index is 455. The second-order valence-corrected chi connectivity index (χ2v) is 3.33. The van der Waals surface area contributed by atoms with Crippen LogP contribution in [0.3, 0.4) is 0 Å². The fourth-order valence-corrected chi connectivity index (χ4v) is 1.15. The number of primary amides is 1. The van der Waals surface area contributed by atoms with Crippen LogP contribution in [0.4, 0.5) is 4.79 Å². The Kier molecular flexibility index (Phi) is 4.49. The summed E-state index contributed by atoms with van der Waals surface area (Å²) in [5, 5.41) is 1.16. The van der Waals surface area contributed by atoms with Crippen molar-refractivity contribution < 1.29 is 18.0 Å². The van der Waals surface area contributed by atoms with Gasteiger partial charge in [0.25, 0.3) is 0 Å². The van der Waals surface area contributed by atoms with Crippen LogP contribution >= 0.6 is 0 Å². The molecule has 7 heteroatoms. The summed E-state index contributed by atoms with van der Waals surface area (Å²) in [6.45, 7) is 0. The molecular formula is C9H9N2O4S-. The summed E-state index contributed by atoms with van der Waals surface area (Å²) >= 11 is -2.57. The van der Waals surface area contributed by atoms with E-state index in [4.69, 9.17) is 4.42 Å². The van der Waals surface area contributed by atoms with Gasteiger partial charge in [-0.2, -0.15) is 0 Å². The molecule has 0 bridgehead atoms. The number of fused-ring (bicyclic) bond motifs is 1. The zero-order chi connectivity index (χ0) is 12.0. The molecule has 0 radical (unpaired) electrons. The van der Waals surface area contributed by atoms with Crippen LogP contribution in [0.25, 0.3) is 11.0 Å². The van der Waals surface area contributed by atoms with Crippen molar-refractivity contribution in [3.8, 4) is 0 Å². The maximum atomic E-state index is 9.53. The molecule has 0 saturated heterocycles. The van der Waals surface area contributed by atoms with E-state index in [1.54, 1.807) is 6.26 Å². The van der Waals surface area contributed by atoms with Crippen LogP contribution in [0.15, 0.2) is 41.0 Å². The molecule has 0 aliphatic carbocycles. The monoisotopic (exact) mass is 241 g/mol. The van der Waals surface area contributed by atoms with E-state index in [9.17, 15) is 13.6 Å². The topological polar surface area (TPSA) is 108 Å². The molecule has 0 spiro atoms. The van der Waals surface area contributed by atoms with Gasteiger partial charge in [0.15, 0.2) is 0 Å². The van der Waals surface area contributed by atoms with Crippen molar-refractivity contribution in [3.63, 3.8) is 0 Å². The highest BCUT2D eigenvalue weighted by Gasteiger charge is 1.89. The number of benzene rings is 1. The molecule has 1 heterocycles. The van der Waals surface area contributed by atoms with Crippen LogP contribution < -0.4 is 10.5 Å². The van der Waals surface area contributed by atoms with Crippen molar-refractivity contribution >= 4 is 28.3 Å². The molecule has 0 fully saturated rings. The van der Waals surface area contributed by atoms with Crippen LogP contribution in [0.2, 0.25) is 0 Å². The van der Waals surface area contributed by atoms with Gasteiger partial charge in [0.1, 0.15) is 5.58 Å². The number of nitrogens with two attached hydrogens (primary N) is 1. The highest BCUT2D eigenvalue weighted by molar-refractivity contribution is 7.77. The van der Waals surface area contributed by atoms with Gasteiger partial charge in [-0.05, 0) is 12.1 Å². The van der Waals surface area contributed by atoms with E-state index < -0.39 is 17.3 Å². The van der Waals surface area contributed by atoms with E-state index in [0.29, 0.717) is 0 Å². The van der Waals surface area contributed by atoms with Crippen molar-refractivity contribution in [2.45, 2.75) is 0 Å². The van der Waals surface area contributed by atoms with Gasteiger partial charge in [0, 0.05) is 16.7 Å². The summed E-state index contributed by atoms with van der Waals surface area (Å²) in [5.41, 5.74) is 5.31. The first-order valence-corrected chi connectivity index (χ1v) is 5.24. The minimum atomic E-state index is -2.57. The quantitative estimate of drug-likeness (QED) is 0.722. The van der Waals surface area contributed by atoms with E-state index in [1.165, 1.54) is 4.72 Å². The number of nitrogens with one attached hydrogen (secondary N) is 1.